The molecule has 0 aromatic heterocycles. The highest BCUT2D eigenvalue weighted by molar-refractivity contribution is 6.46. The van der Waals surface area contributed by atoms with Crippen LogP contribution in [0.4, 0.5) is 0 Å². The third-order valence-corrected chi connectivity index (χ3v) is 4.19. The van der Waals surface area contributed by atoms with Gasteiger partial charge in [-0.25, -0.2) is 0 Å². The monoisotopic (exact) mass is 238 g/mol. The van der Waals surface area contributed by atoms with Crippen molar-refractivity contribution in [1.82, 2.24) is 0 Å². The van der Waals surface area contributed by atoms with E-state index in [1.54, 1.807) is 0 Å². The molecule has 2 fully saturated rings. The molecule has 2 aliphatic heterocycles. The highest BCUT2D eigenvalue weighted by Crippen LogP contribution is 2.36. The van der Waals surface area contributed by atoms with Crippen molar-refractivity contribution in [2.75, 3.05) is 6.61 Å². The molecule has 3 heteroatoms. The topological polar surface area (TPSA) is 18.5 Å². The third-order valence-electron chi connectivity index (χ3n) is 4.19. The Balaban J connectivity index is 1.71. The van der Waals surface area contributed by atoms with Crippen LogP contribution >= 0.6 is 0 Å². The molecular formula is C14H27BO2. The summed E-state index contributed by atoms with van der Waals surface area (Å²) >= 11 is 0. The van der Waals surface area contributed by atoms with Gasteiger partial charge in [0.1, 0.15) is 0 Å². The summed E-state index contributed by atoms with van der Waals surface area (Å²) in [5.74, 6) is 0.675. The molecule has 17 heavy (non-hydrogen) atoms. The zero-order chi connectivity index (χ0) is 11.9. The van der Waals surface area contributed by atoms with Crippen molar-refractivity contribution in [2.24, 2.45) is 0 Å². The minimum atomic E-state index is 0.117. The van der Waals surface area contributed by atoms with Crippen LogP contribution in [0.25, 0.3) is 0 Å². The summed E-state index contributed by atoms with van der Waals surface area (Å²) in [6.07, 6.45) is 13.4. The van der Waals surface area contributed by atoms with E-state index in [1.807, 2.05) is 0 Å². The molecule has 0 aromatic carbocycles. The van der Waals surface area contributed by atoms with E-state index in [4.69, 9.17) is 9.31 Å². The SMILES string of the molecule is CCCCCCOB1OC2CCCC1CCC2. The highest BCUT2D eigenvalue weighted by atomic mass is 16.6. The van der Waals surface area contributed by atoms with Crippen molar-refractivity contribution < 1.29 is 9.31 Å². The van der Waals surface area contributed by atoms with Crippen molar-refractivity contribution in [3.05, 3.63) is 0 Å². The van der Waals surface area contributed by atoms with Crippen LogP contribution in [-0.2, 0) is 9.31 Å². The highest BCUT2D eigenvalue weighted by Gasteiger charge is 2.37. The van der Waals surface area contributed by atoms with Crippen molar-refractivity contribution in [2.45, 2.75) is 83.1 Å². The van der Waals surface area contributed by atoms with Crippen molar-refractivity contribution in [1.29, 1.82) is 0 Å². The predicted molar refractivity (Wildman–Crippen MR) is 72.2 cm³/mol. The Kier molecular flexibility index (Phi) is 5.86. The largest absolute Gasteiger partial charge is 0.460 e. The van der Waals surface area contributed by atoms with Gasteiger partial charge in [-0.2, -0.15) is 0 Å². The van der Waals surface area contributed by atoms with E-state index < -0.39 is 0 Å². The van der Waals surface area contributed by atoms with Gasteiger partial charge in [0.25, 0.3) is 0 Å². The van der Waals surface area contributed by atoms with E-state index in [-0.39, 0.29) is 7.12 Å². The van der Waals surface area contributed by atoms with Crippen molar-refractivity contribution in [3.63, 3.8) is 0 Å². The van der Waals surface area contributed by atoms with Gasteiger partial charge in [-0.05, 0) is 25.1 Å². The summed E-state index contributed by atoms with van der Waals surface area (Å²) in [7, 11) is 0.117. The minimum absolute atomic E-state index is 0.117. The average Bonchev–Trinajstić information content (AvgIpc) is 2.60. The summed E-state index contributed by atoms with van der Waals surface area (Å²) in [5.41, 5.74) is 0. The first-order valence-corrected chi connectivity index (χ1v) is 7.67. The van der Waals surface area contributed by atoms with Crippen molar-refractivity contribution in [3.8, 4) is 0 Å². The molecular weight excluding hydrogens is 211 g/mol. The van der Waals surface area contributed by atoms with Gasteiger partial charge in [0.05, 0.1) is 0 Å². The van der Waals surface area contributed by atoms with Gasteiger partial charge < -0.3 is 9.31 Å². The van der Waals surface area contributed by atoms with Crippen LogP contribution in [0.3, 0.4) is 0 Å². The van der Waals surface area contributed by atoms with E-state index in [0.717, 1.165) is 6.61 Å². The molecule has 98 valence electrons. The van der Waals surface area contributed by atoms with Gasteiger partial charge in [-0.1, -0.05) is 51.9 Å². The van der Waals surface area contributed by atoms with Gasteiger partial charge >= 0.3 is 7.12 Å². The second-order valence-electron chi connectivity index (χ2n) is 5.68. The molecule has 0 saturated carbocycles. The zero-order valence-corrected chi connectivity index (χ0v) is 11.3. The second-order valence-corrected chi connectivity index (χ2v) is 5.68. The van der Waals surface area contributed by atoms with Gasteiger partial charge in [-0.15, -0.1) is 0 Å². The number of unbranched alkanes of at least 4 members (excludes halogenated alkanes) is 3. The molecule has 2 nitrogen and oxygen atoms in total. The number of hydrogen-bond donors (Lipinski definition) is 0. The predicted octanol–water partition coefficient (Wildman–Crippen LogP) is 4.19. The molecule has 2 bridgehead atoms. The first-order chi connectivity index (χ1) is 8.40. The van der Waals surface area contributed by atoms with Crippen LogP contribution < -0.4 is 0 Å². The lowest BCUT2D eigenvalue weighted by Gasteiger charge is -2.19. The molecule has 0 unspecified atom stereocenters. The van der Waals surface area contributed by atoms with Gasteiger partial charge in [0, 0.05) is 12.7 Å². The lowest BCUT2D eigenvalue weighted by atomic mass is 9.67. The Bertz CT molecular complexity index is 200. The molecule has 2 saturated heterocycles. The third kappa shape index (κ3) is 4.29. The van der Waals surface area contributed by atoms with E-state index in [0.29, 0.717) is 11.9 Å². The fourth-order valence-electron chi connectivity index (χ4n) is 3.12. The van der Waals surface area contributed by atoms with Crippen LogP contribution in [0, 0.1) is 0 Å². The Morgan fingerprint density at radius 2 is 1.82 bits per heavy atom. The van der Waals surface area contributed by atoms with Gasteiger partial charge in [0.15, 0.2) is 0 Å². The van der Waals surface area contributed by atoms with Crippen molar-refractivity contribution >= 4 is 7.12 Å². The summed E-state index contributed by atoms with van der Waals surface area (Å²) in [6.45, 7) is 3.15. The molecule has 0 N–H and O–H groups in total. The standard InChI is InChI=1S/C14H27BO2/c1-2-3-4-5-12-16-15-13-8-6-10-14(17-15)11-7-9-13/h13-14H,2-12H2,1H3. The van der Waals surface area contributed by atoms with E-state index in [9.17, 15) is 0 Å². The second kappa shape index (κ2) is 7.43. The number of rotatable bonds is 6. The lowest BCUT2D eigenvalue weighted by Crippen LogP contribution is -2.29. The smallest absolute Gasteiger partial charge is 0.411 e. The molecule has 0 atom stereocenters. The fraction of sp³-hybridized carbons (Fsp3) is 1.00. The summed E-state index contributed by atoms with van der Waals surface area (Å²) < 4.78 is 12.1. The Morgan fingerprint density at radius 1 is 1.06 bits per heavy atom. The first-order valence-electron chi connectivity index (χ1n) is 7.67. The summed E-state index contributed by atoms with van der Waals surface area (Å²) in [4.78, 5) is 0. The lowest BCUT2D eigenvalue weighted by molar-refractivity contribution is 0.131. The Labute approximate surface area is 107 Å². The normalized spacial score (nSPS) is 29.1. The molecule has 2 aliphatic rings. The summed E-state index contributed by atoms with van der Waals surface area (Å²) in [6, 6.07) is 0. The first kappa shape index (κ1) is 13.4. The molecule has 2 rings (SSSR count). The van der Waals surface area contributed by atoms with Gasteiger partial charge in [-0.3, -0.25) is 0 Å². The zero-order valence-electron chi connectivity index (χ0n) is 11.3. The van der Waals surface area contributed by atoms with E-state index in [2.05, 4.69) is 6.92 Å². The molecule has 0 aromatic rings. The minimum Gasteiger partial charge on any atom is -0.411 e. The van der Waals surface area contributed by atoms with Crippen LogP contribution in [-0.4, -0.2) is 19.8 Å². The number of fused-ring (bicyclic) bond motifs is 3. The van der Waals surface area contributed by atoms with Crippen LogP contribution in [0.1, 0.15) is 71.1 Å². The van der Waals surface area contributed by atoms with E-state index >= 15 is 0 Å². The number of hydrogen-bond acceptors (Lipinski definition) is 2. The maximum absolute atomic E-state index is 6.12. The molecule has 2 heterocycles. The average molecular weight is 238 g/mol. The quantitative estimate of drug-likeness (QED) is 0.510. The maximum atomic E-state index is 6.12. The molecule has 0 spiro atoms. The van der Waals surface area contributed by atoms with Gasteiger partial charge in [0.2, 0.25) is 0 Å². The van der Waals surface area contributed by atoms with Crippen LogP contribution in [0.15, 0.2) is 0 Å². The Morgan fingerprint density at radius 3 is 2.53 bits per heavy atom. The molecule has 0 amide bonds. The molecule has 0 aliphatic carbocycles. The summed E-state index contributed by atoms with van der Waals surface area (Å²) in [5, 5.41) is 0. The fourth-order valence-corrected chi connectivity index (χ4v) is 3.12. The molecule has 0 radical (unpaired) electrons. The van der Waals surface area contributed by atoms with Crippen LogP contribution in [0.2, 0.25) is 5.82 Å². The maximum Gasteiger partial charge on any atom is 0.460 e. The van der Waals surface area contributed by atoms with E-state index in [1.165, 1.54) is 64.2 Å². The Hall–Kier alpha value is -0.0151. The van der Waals surface area contributed by atoms with Crippen LogP contribution in [0.5, 0.6) is 0 Å².